The van der Waals surface area contributed by atoms with Crippen LogP contribution in [0.3, 0.4) is 0 Å². The number of thiocarbonyl (C=S) groups is 1. The van der Waals surface area contributed by atoms with Gasteiger partial charge in [-0.05, 0) is 47.9 Å². The molecular weight excluding hydrogens is 438 g/mol. The number of carboxylic acids is 1. The topological polar surface area (TPSA) is 85.3 Å². The summed E-state index contributed by atoms with van der Waals surface area (Å²) in [5.74, 6) is 0.254. The van der Waals surface area contributed by atoms with Crippen molar-refractivity contribution in [1.29, 1.82) is 0 Å². The summed E-state index contributed by atoms with van der Waals surface area (Å²) in [6.07, 6.45) is 2.41. The lowest BCUT2D eigenvalue weighted by atomic mass is 10.1. The van der Waals surface area contributed by atoms with Gasteiger partial charge in [0.15, 0.2) is 18.1 Å². The number of nitrogens with zero attached hydrogens (tertiary/aromatic N) is 1. The van der Waals surface area contributed by atoms with Gasteiger partial charge >= 0.3 is 5.97 Å². The van der Waals surface area contributed by atoms with E-state index in [2.05, 4.69) is 0 Å². The second-order valence-corrected chi connectivity index (χ2v) is 8.20. The first kappa shape index (κ1) is 22.6. The van der Waals surface area contributed by atoms with Gasteiger partial charge in [-0.3, -0.25) is 9.69 Å². The molecule has 3 rings (SSSR count). The van der Waals surface area contributed by atoms with Crippen molar-refractivity contribution < 1.29 is 28.9 Å². The number of aliphatic carboxylic acids is 1. The van der Waals surface area contributed by atoms with Gasteiger partial charge in [0.25, 0.3) is 5.91 Å². The molecule has 162 valence electrons. The molecule has 9 heteroatoms. The first-order valence-corrected chi connectivity index (χ1v) is 10.5. The Balaban J connectivity index is 1.69. The Kier molecular flexibility index (Phi) is 7.54. The quantitative estimate of drug-likeness (QED) is 0.450. The second-order valence-electron chi connectivity index (χ2n) is 6.52. The minimum Gasteiger partial charge on any atom is -0.497 e. The molecule has 2 aromatic rings. The highest BCUT2D eigenvalue weighted by atomic mass is 32.2. The van der Waals surface area contributed by atoms with Crippen LogP contribution in [0.5, 0.6) is 17.2 Å². The van der Waals surface area contributed by atoms with E-state index in [1.54, 1.807) is 36.3 Å². The molecule has 31 heavy (non-hydrogen) atoms. The van der Waals surface area contributed by atoms with Crippen molar-refractivity contribution in [2.75, 3.05) is 27.4 Å². The van der Waals surface area contributed by atoms with Crippen LogP contribution in [-0.4, -0.2) is 53.6 Å². The highest BCUT2D eigenvalue weighted by Crippen LogP contribution is 2.35. The van der Waals surface area contributed by atoms with Gasteiger partial charge in [-0.2, -0.15) is 0 Å². The fourth-order valence-electron chi connectivity index (χ4n) is 2.91. The summed E-state index contributed by atoms with van der Waals surface area (Å²) in [7, 11) is 3.08. The number of carbonyl (C=O) groups is 2. The summed E-state index contributed by atoms with van der Waals surface area (Å²) in [4.78, 5) is 25.7. The van der Waals surface area contributed by atoms with E-state index in [1.165, 1.54) is 18.9 Å². The van der Waals surface area contributed by atoms with Crippen LogP contribution in [0.1, 0.15) is 11.1 Å². The van der Waals surface area contributed by atoms with Gasteiger partial charge in [0.2, 0.25) is 0 Å². The molecule has 0 aromatic heterocycles. The first-order valence-electron chi connectivity index (χ1n) is 9.32. The maximum absolute atomic E-state index is 12.8. The lowest BCUT2D eigenvalue weighted by Gasteiger charge is -2.14. The monoisotopic (exact) mass is 459 g/mol. The van der Waals surface area contributed by atoms with Crippen LogP contribution in [0.15, 0.2) is 47.4 Å². The van der Waals surface area contributed by atoms with Crippen molar-refractivity contribution in [3.63, 3.8) is 0 Å². The molecule has 0 unspecified atom stereocenters. The van der Waals surface area contributed by atoms with E-state index in [9.17, 15) is 9.59 Å². The Morgan fingerprint density at radius 1 is 1.13 bits per heavy atom. The average Bonchev–Trinajstić information content (AvgIpc) is 3.03. The summed E-state index contributed by atoms with van der Waals surface area (Å²) in [5, 5.41) is 8.76. The summed E-state index contributed by atoms with van der Waals surface area (Å²) < 4.78 is 16.1. The van der Waals surface area contributed by atoms with E-state index in [0.717, 1.165) is 16.9 Å². The number of rotatable bonds is 9. The molecule has 0 saturated carbocycles. The number of ether oxygens (including phenoxy) is 3. The van der Waals surface area contributed by atoms with Crippen molar-refractivity contribution >= 4 is 46.3 Å². The molecule has 0 aliphatic carbocycles. The van der Waals surface area contributed by atoms with Gasteiger partial charge in [0.1, 0.15) is 10.1 Å². The zero-order valence-corrected chi connectivity index (χ0v) is 18.6. The second kappa shape index (κ2) is 10.3. The molecule has 0 radical (unpaired) electrons. The highest BCUT2D eigenvalue weighted by Gasteiger charge is 2.31. The summed E-state index contributed by atoms with van der Waals surface area (Å²) in [6.45, 7) is 0.0161. The molecule has 1 heterocycles. The molecule has 7 nitrogen and oxygen atoms in total. The molecule has 0 bridgehead atoms. The zero-order chi connectivity index (χ0) is 22.4. The van der Waals surface area contributed by atoms with E-state index in [4.69, 9.17) is 31.5 Å². The lowest BCUT2D eigenvalue weighted by molar-refractivity contribution is -0.139. The normalized spacial score (nSPS) is 14.8. The minimum absolute atomic E-state index is 0.145. The van der Waals surface area contributed by atoms with Crippen LogP contribution in [0.25, 0.3) is 6.08 Å². The maximum atomic E-state index is 12.8. The van der Waals surface area contributed by atoms with Crippen LogP contribution in [0.2, 0.25) is 0 Å². The van der Waals surface area contributed by atoms with E-state index in [1.807, 2.05) is 24.3 Å². The lowest BCUT2D eigenvalue weighted by Crippen LogP contribution is -2.30. The molecule has 0 atom stereocenters. The highest BCUT2D eigenvalue weighted by molar-refractivity contribution is 8.26. The average molecular weight is 460 g/mol. The first-order chi connectivity index (χ1) is 14.9. The predicted molar refractivity (Wildman–Crippen MR) is 123 cm³/mol. The maximum Gasteiger partial charge on any atom is 0.341 e. The van der Waals surface area contributed by atoms with Crippen molar-refractivity contribution in [2.24, 2.45) is 0 Å². The number of hydrogen-bond donors (Lipinski definition) is 1. The van der Waals surface area contributed by atoms with Gasteiger partial charge in [-0.25, -0.2) is 4.79 Å². The van der Waals surface area contributed by atoms with Crippen molar-refractivity contribution in [3.8, 4) is 17.2 Å². The number of thioether (sulfide) groups is 1. The van der Waals surface area contributed by atoms with E-state index in [0.29, 0.717) is 33.7 Å². The number of benzene rings is 2. The van der Waals surface area contributed by atoms with Crippen LogP contribution >= 0.6 is 24.0 Å². The van der Waals surface area contributed by atoms with Crippen LogP contribution in [0.4, 0.5) is 0 Å². The third-order valence-corrected chi connectivity index (χ3v) is 5.87. The third kappa shape index (κ3) is 5.77. The molecular formula is C22H21NO6S2. The summed E-state index contributed by atoms with van der Waals surface area (Å²) in [5.41, 5.74) is 1.80. The number of amides is 1. The van der Waals surface area contributed by atoms with Gasteiger partial charge < -0.3 is 19.3 Å². The molecule has 0 spiro atoms. The third-order valence-electron chi connectivity index (χ3n) is 4.49. The van der Waals surface area contributed by atoms with Crippen LogP contribution in [-0.2, 0) is 16.0 Å². The summed E-state index contributed by atoms with van der Waals surface area (Å²) in [6, 6.07) is 12.7. The standard InChI is InChI=1S/C22H21NO6S2/c1-27-16-6-3-14(4-7-16)9-10-23-21(26)19(31-22(23)30)12-15-5-8-17(18(11-15)28-2)29-13-20(24)25/h3-8,11-12H,9-10,13H2,1-2H3,(H,24,25)/b19-12+. The number of methoxy groups -OCH3 is 2. The van der Waals surface area contributed by atoms with E-state index in [-0.39, 0.29) is 5.91 Å². The smallest absolute Gasteiger partial charge is 0.341 e. The van der Waals surface area contributed by atoms with Crippen molar-refractivity contribution in [1.82, 2.24) is 4.90 Å². The van der Waals surface area contributed by atoms with Gasteiger partial charge in [-0.1, -0.05) is 42.2 Å². The van der Waals surface area contributed by atoms with Crippen molar-refractivity contribution in [2.45, 2.75) is 6.42 Å². The Morgan fingerprint density at radius 3 is 2.52 bits per heavy atom. The number of carboxylic acid groups (broad SMARTS) is 1. The number of carbonyl (C=O) groups excluding carboxylic acids is 1. The number of hydrogen-bond acceptors (Lipinski definition) is 7. The molecule has 1 aliphatic heterocycles. The largest absolute Gasteiger partial charge is 0.497 e. The van der Waals surface area contributed by atoms with Crippen LogP contribution in [0, 0.1) is 0 Å². The van der Waals surface area contributed by atoms with E-state index >= 15 is 0 Å². The Morgan fingerprint density at radius 2 is 1.87 bits per heavy atom. The molecule has 1 fully saturated rings. The zero-order valence-electron chi connectivity index (χ0n) is 17.0. The van der Waals surface area contributed by atoms with Gasteiger partial charge in [0, 0.05) is 6.54 Å². The Labute approximate surface area is 189 Å². The van der Waals surface area contributed by atoms with Crippen molar-refractivity contribution in [3.05, 3.63) is 58.5 Å². The molecule has 1 amide bonds. The Hall–Kier alpha value is -3.04. The fourth-order valence-corrected chi connectivity index (χ4v) is 4.22. The molecule has 1 aliphatic rings. The Bertz CT molecular complexity index is 1020. The van der Waals surface area contributed by atoms with E-state index < -0.39 is 12.6 Å². The molecule has 1 N–H and O–H groups in total. The van der Waals surface area contributed by atoms with Gasteiger partial charge in [0.05, 0.1) is 19.1 Å². The fraction of sp³-hybridized carbons (Fsp3) is 0.227. The molecule has 2 aromatic carbocycles. The SMILES string of the molecule is COc1ccc(CCN2C(=O)/C(=C\c3ccc(OCC(=O)O)c(OC)c3)SC2=S)cc1. The summed E-state index contributed by atoms with van der Waals surface area (Å²) >= 11 is 6.65. The van der Waals surface area contributed by atoms with Gasteiger partial charge in [-0.15, -0.1) is 0 Å². The molecule has 1 saturated heterocycles. The predicted octanol–water partition coefficient (Wildman–Crippen LogP) is 3.61. The minimum atomic E-state index is -1.08. The van der Waals surface area contributed by atoms with Crippen LogP contribution < -0.4 is 14.2 Å².